The van der Waals surface area contributed by atoms with Crippen LogP contribution < -0.4 is 0 Å². The van der Waals surface area contributed by atoms with E-state index < -0.39 is 6.17 Å². The molecule has 0 N–H and O–H groups in total. The number of amides is 1. The van der Waals surface area contributed by atoms with Gasteiger partial charge in [-0.25, -0.2) is 18.4 Å². The van der Waals surface area contributed by atoms with Crippen LogP contribution in [0, 0.1) is 5.82 Å². The van der Waals surface area contributed by atoms with Gasteiger partial charge in [0, 0.05) is 5.56 Å². The first-order chi connectivity index (χ1) is 14.6. The highest BCUT2D eigenvalue weighted by Gasteiger charge is 2.32. The Bertz CT molecular complexity index is 1230. The molecule has 5 rings (SSSR count). The molecule has 150 valence electrons. The summed E-state index contributed by atoms with van der Waals surface area (Å²) in [6.45, 7) is 0.512. The minimum atomic E-state index is -0.976. The summed E-state index contributed by atoms with van der Waals surface area (Å²) in [6, 6.07) is 17.6. The average molecular weight is 404 g/mol. The zero-order valence-electron chi connectivity index (χ0n) is 16.0. The zero-order chi connectivity index (χ0) is 20.7. The summed E-state index contributed by atoms with van der Waals surface area (Å²) in [5.41, 5.74) is 3.20. The molecule has 0 unspecified atom stereocenters. The van der Waals surface area contributed by atoms with Crippen LogP contribution in [0.25, 0.3) is 22.3 Å². The lowest BCUT2D eigenvalue weighted by molar-refractivity contribution is 0.0402. The number of benzene rings is 2. The highest BCUT2D eigenvalue weighted by atomic mass is 19.1. The smallest absolute Gasteiger partial charge is 0.254 e. The van der Waals surface area contributed by atoms with Crippen molar-refractivity contribution in [3.05, 3.63) is 83.8 Å². The molecule has 0 atom stereocenters. The number of hydrogen-bond donors (Lipinski definition) is 0. The number of likely N-dealkylation sites (tertiary alicyclic amines) is 1. The van der Waals surface area contributed by atoms with Gasteiger partial charge in [0.05, 0.1) is 42.5 Å². The first-order valence-electron chi connectivity index (χ1n) is 9.68. The fourth-order valence-corrected chi connectivity index (χ4v) is 3.67. The number of carbonyl (C=O) groups excluding carboxylic acids is 1. The second-order valence-corrected chi connectivity index (χ2v) is 7.40. The summed E-state index contributed by atoms with van der Waals surface area (Å²) in [4.78, 5) is 19.3. The number of rotatable bonds is 4. The van der Waals surface area contributed by atoms with Gasteiger partial charge in [0.1, 0.15) is 12.0 Å². The van der Waals surface area contributed by atoms with Crippen LogP contribution in [0.2, 0.25) is 0 Å². The maximum atomic E-state index is 13.6. The Hall–Kier alpha value is -3.61. The van der Waals surface area contributed by atoms with E-state index in [0.717, 1.165) is 11.1 Å². The van der Waals surface area contributed by atoms with Crippen LogP contribution in [-0.2, 0) is 6.54 Å². The third-order valence-corrected chi connectivity index (χ3v) is 5.25. The van der Waals surface area contributed by atoms with Crippen molar-refractivity contribution in [2.75, 3.05) is 13.1 Å². The number of alkyl halides is 1. The van der Waals surface area contributed by atoms with Gasteiger partial charge in [0.15, 0.2) is 5.65 Å². The minimum absolute atomic E-state index is 0.0980. The van der Waals surface area contributed by atoms with E-state index in [0.29, 0.717) is 28.8 Å². The molecule has 1 aliphatic heterocycles. The molecule has 5 nitrogen and oxygen atoms in total. The summed E-state index contributed by atoms with van der Waals surface area (Å²) in [6.07, 6.45) is 0.617. The number of halogens is 2. The predicted octanol–water partition coefficient (Wildman–Crippen LogP) is 4.08. The predicted molar refractivity (Wildman–Crippen MR) is 109 cm³/mol. The van der Waals surface area contributed by atoms with E-state index in [-0.39, 0.29) is 24.8 Å². The second-order valence-electron chi connectivity index (χ2n) is 7.40. The summed E-state index contributed by atoms with van der Waals surface area (Å²) < 4.78 is 28.6. The van der Waals surface area contributed by atoms with Gasteiger partial charge in [0.2, 0.25) is 0 Å². The summed E-state index contributed by atoms with van der Waals surface area (Å²) >= 11 is 0. The van der Waals surface area contributed by atoms with E-state index in [4.69, 9.17) is 4.98 Å². The molecule has 1 aliphatic rings. The van der Waals surface area contributed by atoms with Crippen molar-refractivity contribution < 1.29 is 13.6 Å². The van der Waals surface area contributed by atoms with Gasteiger partial charge in [-0.15, -0.1) is 0 Å². The number of carbonyl (C=O) groups is 1. The van der Waals surface area contributed by atoms with Gasteiger partial charge in [-0.1, -0.05) is 42.5 Å². The van der Waals surface area contributed by atoms with Crippen molar-refractivity contribution >= 4 is 16.9 Å². The Morgan fingerprint density at radius 1 is 1.07 bits per heavy atom. The van der Waals surface area contributed by atoms with Crippen LogP contribution in [0.15, 0.2) is 66.9 Å². The topological polar surface area (TPSA) is 51.0 Å². The van der Waals surface area contributed by atoms with E-state index in [1.807, 2.05) is 36.4 Å². The third kappa shape index (κ3) is 3.32. The number of pyridine rings is 1. The molecule has 0 aliphatic carbocycles. The van der Waals surface area contributed by atoms with Gasteiger partial charge in [-0.05, 0) is 23.8 Å². The second kappa shape index (κ2) is 7.33. The van der Waals surface area contributed by atoms with Gasteiger partial charge < -0.3 is 4.90 Å². The van der Waals surface area contributed by atoms with Crippen molar-refractivity contribution in [1.29, 1.82) is 0 Å². The van der Waals surface area contributed by atoms with Gasteiger partial charge >= 0.3 is 0 Å². The molecule has 7 heteroatoms. The Morgan fingerprint density at radius 3 is 2.60 bits per heavy atom. The Balaban J connectivity index is 1.63. The largest absolute Gasteiger partial charge is 0.333 e. The van der Waals surface area contributed by atoms with E-state index >= 15 is 0 Å². The van der Waals surface area contributed by atoms with Crippen LogP contribution in [0.3, 0.4) is 0 Å². The number of aromatic nitrogens is 3. The third-order valence-electron chi connectivity index (χ3n) is 5.25. The Labute approximate surface area is 171 Å². The molecule has 1 fully saturated rings. The van der Waals surface area contributed by atoms with E-state index in [2.05, 4.69) is 5.10 Å². The molecule has 0 spiro atoms. The van der Waals surface area contributed by atoms with Crippen molar-refractivity contribution in [1.82, 2.24) is 19.7 Å². The highest BCUT2D eigenvalue weighted by molar-refractivity contribution is 6.06. The number of nitrogens with zero attached hydrogens (tertiary/aromatic N) is 4. The van der Waals surface area contributed by atoms with E-state index in [9.17, 15) is 13.6 Å². The van der Waals surface area contributed by atoms with Gasteiger partial charge in [-0.3, -0.25) is 4.79 Å². The molecule has 3 heterocycles. The van der Waals surface area contributed by atoms with Crippen molar-refractivity contribution in [3.8, 4) is 11.3 Å². The summed E-state index contributed by atoms with van der Waals surface area (Å²) in [5, 5.41) is 5.00. The zero-order valence-corrected chi connectivity index (χ0v) is 16.0. The first-order valence-corrected chi connectivity index (χ1v) is 9.68. The fraction of sp³-hybridized carbons (Fsp3) is 0.174. The molecule has 1 amide bonds. The molecule has 30 heavy (non-hydrogen) atoms. The van der Waals surface area contributed by atoms with Crippen LogP contribution in [-0.4, -0.2) is 44.8 Å². The first kappa shape index (κ1) is 18.4. The maximum Gasteiger partial charge on any atom is 0.254 e. The standard InChI is InChI=1S/C23H18F2N4O/c24-17-8-4-5-15(9-17)12-29-22-20(11-26-29)19(23(30)28-13-18(25)14-28)10-21(27-22)16-6-2-1-3-7-16/h1-11,18H,12-14H2. The lowest BCUT2D eigenvalue weighted by Gasteiger charge is -2.34. The number of fused-ring (bicyclic) bond motifs is 1. The fourth-order valence-electron chi connectivity index (χ4n) is 3.67. The van der Waals surface area contributed by atoms with Crippen LogP contribution in [0.5, 0.6) is 0 Å². The van der Waals surface area contributed by atoms with Crippen LogP contribution in [0.1, 0.15) is 15.9 Å². The highest BCUT2D eigenvalue weighted by Crippen LogP contribution is 2.27. The van der Waals surface area contributed by atoms with Crippen molar-refractivity contribution in [2.24, 2.45) is 0 Å². The molecule has 0 bridgehead atoms. The monoisotopic (exact) mass is 404 g/mol. The number of hydrogen-bond acceptors (Lipinski definition) is 3. The summed E-state index contributed by atoms with van der Waals surface area (Å²) in [7, 11) is 0. The lowest BCUT2D eigenvalue weighted by Crippen LogP contribution is -2.51. The molecule has 1 saturated heterocycles. The molecular weight excluding hydrogens is 386 g/mol. The molecule has 0 radical (unpaired) electrons. The SMILES string of the molecule is O=C(c1cc(-c2ccccc2)nc2c1cnn2Cc1cccc(F)c1)N1CC(F)C1. The Kier molecular flexibility index (Phi) is 4.50. The van der Waals surface area contributed by atoms with E-state index in [1.54, 1.807) is 23.0 Å². The molecule has 0 saturated carbocycles. The molecule has 2 aromatic heterocycles. The molecule has 2 aromatic carbocycles. The summed E-state index contributed by atoms with van der Waals surface area (Å²) in [5.74, 6) is -0.560. The van der Waals surface area contributed by atoms with Crippen LogP contribution in [0.4, 0.5) is 8.78 Å². The van der Waals surface area contributed by atoms with Crippen LogP contribution >= 0.6 is 0 Å². The van der Waals surface area contributed by atoms with Crippen molar-refractivity contribution in [2.45, 2.75) is 12.7 Å². The minimum Gasteiger partial charge on any atom is -0.333 e. The van der Waals surface area contributed by atoms with Gasteiger partial charge in [0.25, 0.3) is 5.91 Å². The normalized spacial score (nSPS) is 14.1. The molecule has 4 aromatic rings. The Morgan fingerprint density at radius 2 is 1.87 bits per heavy atom. The van der Waals surface area contributed by atoms with Gasteiger partial charge in [-0.2, -0.15) is 5.10 Å². The van der Waals surface area contributed by atoms with Crippen molar-refractivity contribution in [3.63, 3.8) is 0 Å². The quantitative estimate of drug-likeness (QED) is 0.515. The lowest BCUT2D eigenvalue weighted by atomic mass is 10.0. The average Bonchev–Trinajstić information content (AvgIpc) is 3.13. The molecular formula is C23H18F2N4O. The van der Waals surface area contributed by atoms with E-state index in [1.165, 1.54) is 17.0 Å². The maximum absolute atomic E-state index is 13.6.